The summed E-state index contributed by atoms with van der Waals surface area (Å²) >= 11 is 3.15. The summed E-state index contributed by atoms with van der Waals surface area (Å²) in [6, 6.07) is 9.56. The number of rotatable bonds is 3. The fraction of sp³-hybridized carbons (Fsp3) is 0. The van der Waals surface area contributed by atoms with E-state index in [0.29, 0.717) is 10.0 Å². The van der Waals surface area contributed by atoms with Crippen LogP contribution in [-0.4, -0.2) is 8.42 Å². The lowest BCUT2D eigenvalue weighted by Gasteiger charge is -2.11. The van der Waals surface area contributed by atoms with Gasteiger partial charge in [0.15, 0.2) is 0 Å². The molecule has 8 heteroatoms. The Morgan fingerprint density at radius 1 is 1.24 bits per heavy atom. The van der Waals surface area contributed by atoms with Gasteiger partial charge in [0.25, 0.3) is 10.0 Å². The lowest BCUT2D eigenvalue weighted by molar-refractivity contribution is 0.571. The minimum Gasteiger partial charge on any atom is -0.399 e. The maximum absolute atomic E-state index is 13.7. The van der Waals surface area contributed by atoms with E-state index < -0.39 is 20.7 Å². The Balaban J connectivity index is 2.40. The van der Waals surface area contributed by atoms with E-state index >= 15 is 0 Å². The molecule has 0 spiro atoms. The second-order valence-corrected chi connectivity index (χ2v) is 6.61. The summed E-state index contributed by atoms with van der Waals surface area (Å²) < 4.78 is 40.7. The summed E-state index contributed by atoms with van der Waals surface area (Å²) in [5.74, 6) is -0.938. The van der Waals surface area contributed by atoms with Gasteiger partial charge >= 0.3 is 0 Å². The lowest BCUT2D eigenvalue weighted by Crippen LogP contribution is -2.15. The van der Waals surface area contributed by atoms with Crippen LogP contribution in [0.1, 0.15) is 5.56 Å². The van der Waals surface area contributed by atoms with Crippen LogP contribution in [-0.2, 0) is 10.0 Å². The maximum Gasteiger partial charge on any atom is 0.264 e. The van der Waals surface area contributed by atoms with Gasteiger partial charge in [-0.3, -0.25) is 4.72 Å². The number of nitriles is 1. The monoisotopic (exact) mass is 369 g/mol. The van der Waals surface area contributed by atoms with E-state index in [9.17, 15) is 12.8 Å². The molecular formula is C13H9BrFN3O2S. The summed E-state index contributed by atoms with van der Waals surface area (Å²) in [4.78, 5) is -0.507. The number of nitrogens with two attached hydrogens (primary N) is 1. The number of halogens is 2. The molecule has 0 saturated carbocycles. The summed E-state index contributed by atoms with van der Waals surface area (Å²) in [7, 11) is -4.10. The first-order valence-electron chi connectivity index (χ1n) is 5.61. The molecule has 0 aliphatic rings. The predicted octanol–water partition coefficient (Wildman–Crippen LogP) is 2.84. The molecule has 0 radical (unpaired) electrons. The van der Waals surface area contributed by atoms with Crippen LogP contribution < -0.4 is 10.5 Å². The zero-order valence-electron chi connectivity index (χ0n) is 10.5. The second kappa shape index (κ2) is 5.71. The third-order valence-corrected chi connectivity index (χ3v) is 4.64. The number of hydrogen-bond donors (Lipinski definition) is 2. The summed E-state index contributed by atoms with van der Waals surface area (Å²) in [5.41, 5.74) is 6.08. The number of benzene rings is 2. The molecular weight excluding hydrogens is 361 g/mol. The molecule has 0 bridgehead atoms. The van der Waals surface area contributed by atoms with Gasteiger partial charge in [0.2, 0.25) is 0 Å². The van der Waals surface area contributed by atoms with Crippen LogP contribution in [0.4, 0.5) is 15.8 Å². The Bertz CT molecular complexity index is 847. The third kappa shape index (κ3) is 3.32. The van der Waals surface area contributed by atoms with Gasteiger partial charge in [-0.1, -0.05) is 0 Å². The van der Waals surface area contributed by atoms with E-state index in [1.165, 1.54) is 24.3 Å². The molecule has 0 aromatic heterocycles. The highest BCUT2D eigenvalue weighted by Gasteiger charge is 2.20. The van der Waals surface area contributed by atoms with Crippen molar-refractivity contribution >= 4 is 37.3 Å². The summed E-state index contributed by atoms with van der Waals surface area (Å²) in [6.07, 6.45) is 0. The van der Waals surface area contributed by atoms with Crippen molar-refractivity contribution in [2.75, 3.05) is 10.5 Å². The van der Waals surface area contributed by atoms with E-state index in [1.807, 2.05) is 6.07 Å². The number of sulfonamides is 1. The molecule has 21 heavy (non-hydrogen) atoms. The van der Waals surface area contributed by atoms with Crippen LogP contribution in [0.2, 0.25) is 0 Å². The SMILES string of the molecule is N#Cc1ccc(NS(=O)(=O)c2ccc(N)cc2F)c(Br)c1. The Morgan fingerprint density at radius 2 is 1.95 bits per heavy atom. The van der Waals surface area contributed by atoms with E-state index in [4.69, 9.17) is 11.0 Å². The normalized spacial score (nSPS) is 10.9. The predicted molar refractivity (Wildman–Crippen MR) is 80.5 cm³/mol. The second-order valence-electron chi connectivity index (χ2n) is 4.10. The van der Waals surface area contributed by atoms with Crippen molar-refractivity contribution in [1.82, 2.24) is 0 Å². The first-order chi connectivity index (χ1) is 9.83. The van der Waals surface area contributed by atoms with Crippen molar-refractivity contribution < 1.29 is 12.8 Å². The zero-order chi connectivity index (χ0) is 15.6. The number of nitrogen functional groups attached to an aromatic ring is 1. The largest absolute Gasteiger partial charge is 0.399 e. The lowest BCUT2D eigenvalue weighted by atomic mass is 10.2. The van der Waals surface area contributed by atoms with Crippen molar-refractivity contribution in [3.05, 3.63) is 52.3 Å². The minimum atomic E-state index is -4.10. The van der Waals surface area contributed by atoms with Gasteiger partial charge in [-0.05, 0) is 52.3 Å². The van der Waals surface area contributed by atoms with Gasteiger partial charge in [-0.15, -0.1) is 0 Å². The van der Waals surface area contributed by atoms with Gasteiger partial charge in [-0.25, -0.2) is 12.8 Å². The zero-order valence-corrected chi connectivity index (χ0v) is 12.9. The van der Waals surface area contributed by atoms with Crippen LogP contribution in [0.3, 0.4) is 0 Å². The van der Waals surface area contributed by atoms with Crippen LogP contribution >= 0.6 is 15.9 Å². The van der Waals surface area contributed by atoms with E-state index in [2.05, 4.69) is 20.7 Å². The van der Waals surface area contributed by atoms with Crippen LogP contribution in [0.25, 0.3) is 0 Å². The van der Waals surface area contributed by atoms with Crippen LogP contribution in [0.5, 0.6) is 0 Å². The Labute approximate surface area is 129 Å². The fourth-order valence-electron chi connectivity index (χ4n) is 1.60. The van der Waals surface area contributed by atoms with Crippen molar-refractivity contribution in [2.24, 2.45) is 0 Å². The van der Waals surface area contributed by atoms with Gasteiger partial charge in [0, 0.05) is 10.2 Å². The van der Waals surface area contributed by atoms with Gasteiger partial charge in [0.05, 0.1) is 17.3 Å². The first-order valence-corrected chi connectivity index (χ1v) is 7.88. The maximum atomic E-state index is 13.7. The minimum absolute atomic E-state index is 0.131. The molecule has 0 unspecified atom stereocenters. The highest BCUT2D eigenvalue weighted by molar-refractivity contribution is 9.10. The van der Waals surface area contributed by atoms with Crippen molar-refractivity contribution in [1.29, 1.82) is 5.26 Å². The number of nitrogens with one attached hydrogen (secondary N) is 1. The Kier molecular flexibility index (Phi) is 4.16. The van der Waals surface area contributed by atoms with Crippen LogP contribution in [0.15, 0.2) is 45.8 Å². The van der Waals surface area contributed by atoms with Crippen molar-refractivity contribution in [3.8, 4) is 6.07 Å². The summed E-state index contributed by atoms with van der Waals surface area (Å²) in [5, 5.41) is 8.75. The molecule has 0 amide bonds. The molecule has 2 rings (SSSR count). The highest BCUT2D eigenvalue weighted by atomic mass is 79.9. The molecule has 0 aliphatic heterocycles. The average molecular weight is 370 g/mol. The number of nitrogens with zero attached hydrogens (tertiary/aromatic N) is 1. The van der Waals surface area contributed by atoms with Crippen LogP contribution in [0, 0.1) is 17.1 Å². The highest BCUT2D eigenvalue weighted by Crippen LogP contribution is 2.27. The van der Waals surface area contributed by atoms with Crippen molar-refractivity contribution in [2.45, 2.75) is 4.90 Å². The third-order valence-electron chi connectivity index (χ3n) is 2.59. The molecule has 0 aliphatic carbocycles. The van der Waals surface area contributed by atoms with E-state index in [-0.39, 0.29) is 11.4 Å². The van der Waals surface area contributed by atoms with Gasteiger partial charge in [0.1, 0.15) is 10.7 Å². The summed E-state index contributed by atoms with van der Waals surface area (Å²) in [6.45, 7) is 0. The van der Waals surface area contributed by atoms with Gasteiger partial charge in [-0.2, -0.15) is 5.26 Å². The number of anilines is 2. The first kappa shape index (κ1) is 15.3. The molecule has 0 atom stereocenters. The standard InChI is InChI=1S/C13H9BrFN3O2S/c14-10-5-8(7-16)1-3-12(10)18-21(19,20)13-4-2-9(17)6-11(13)15/h1-6,18H,17H2. The Morgan fingerprint density at radius 3 is 2.52 bits per heavy atom. The van der Waals surface area contributed by atoms with Gasteiger partial charge < -0.3 is 5.73 Å². The fourth-order valence-corrected chi connectivity index (χ4v) is 3.35. The number of hydrogen-bond acceptors (Lipinski definition) is 4. The topological polar surface area (TPSA) is 96.0 Å². The van der Waals surface area contributed by atoms with Crippen molar-refractivity contribution in [3.63, 3.8) is 0 Å². The molecule has 0 fully saturated rings. The molecule has 2 aromatic rings. The van der Waals surface area contributed by atoms with E-state index in [1.54, 1.807) is 0 Å². The molecule has 0 heterocycles. The quantitative estimate of drug-likeness (QED) is 0.812. The molecule has 5 nitrogen and oxygen atoms in total. The molecule has 108 valence electrons. The molecule has 0 saturated heterocycles. The van der Waals surface area contributed by atoms with E-state index in [0.717, 1.165) is 12.1 Å². The Hall–Kier alpha value is -2.11. The molecule has 3 N–H and O–H groups in total. The smallest absolute Gasteiger partial charge is 0.264 e. The average Bonchev–Trinajstić information content (AvgIpc) is 2.40. The molecule has 2 aromatic carbocycles.